The van der Waals surface area contributed by atoms with Gasteiger partial charge in [0.05, 0.1) is 19.0 Å². The molecule has 1 aliphatic heterocycles. The van der Waals surface area contributed by atoms with Gasteiger partial charge in [-0.15, -0.1) is 0 Å². The minimum absolute atomic E-state index is 0.0138. The molecule has 2 atom stereocenters. The van der Waals surface area contributed by atoms with Gasteiger partial charge in [-0.05, 0) is 44.7 Å². The number of anilines is 1. The molecule has 2 N–H and O–H groups in total. The minimum Gasteiger partial charge on any atom is -0.356 e. The van der Waals surface area contributed by atoms with Crippen molar-refractivity contribution in [1.29, 1.82) is 0 Å². The zero-order valence-electron chi connectivity index (χ0n) is 18.4. The third kappa shape index (κ3) is 5.48. The third-order valence-corrected chi connectivity index (χ3v) is 6.10. The van der Waals surface area contributed by atoms with E-state index in [1.165, 1.54) is 5.56 Å². The lowest BCUT2D eigenvalue weighted by atomic mass is 9.93. The Balaban J connectivity index is 1.82. The van der Waals surface area contributed by atoms with E-state index in [2.05, 4.69) is 22.8 Å². The van der Waals surface area contributed by atoms with Gasteiger partial charge in [0.25, 0.3) is 5.91 Å². The monoisotopic (exact) mass is 408 g/mol. The van der Waals surface area contributed by atoms with Crippen molar-refractivity contribution in [2.45, 2.75) is 40.2 Å². The molecule has 30 heavy (non-hydrogen) atoms. The quantitative estimate of drug-likeness (QED) is 0.685. The van der Waals surface area contributed by atoms with Crippen LogP contribution >= 0.6 is 0 Å². The van der Waals surface area contributed by atoms with Crippen molar-refractivity contribution in [2.75, 3.05) is 31.5 Å². The Bertz CT molecular complexity index is 861. The first-order chi connectivity index (χ1) is 14.4. The lowest BCUT2D eigenvalue weighted by Crippen LogP contribution is -2.58. The maximum atomic E-state index is 13.2. The number of carbonyl (C=O) groups excluding carboxylic acids is 2. The summed E-state index contributed by atoms with van der Waals surface area (Å²) in [4.78, 5) is 25.7. The molecule has 0 radical (unpaired) electrons. The highest BCUT2D eigenvalue weighted by Gasteiger charge is 2.39. The maximum Gasteiger partial charge on any atom is 0.279 e. The summed E-state index contributed by atoms with van der Waals surface area (Å²) in [6.07, 6.45) is 1.84. The average Bonchev–Trinajstić information content (AvgIpc) is 2.72. The van der Waals surface area contributed by atoms with Crippen LogP contribution in [0.15, 0.2) is 48.5 Å². The highest BCUT2D eigenvalue weighted by Crippen LogP contribution is 2.28. The molecule has 1 fully saturated rings. The minimum atomic E-state index is -0.0459. The van der Waals surface area contributed by atoms with Gasteiger partial charge in [0, 0.05) is 17.8 Å². The molecule has 2 amide bonds. The van der Waals surface area contributed by atoms with E-state index in [1.807, 2.05) is 57.2 Å². The van der Waals surface area contributed by atoms with E-state index in [4.69, 9.17) is 0 Å². The molecule has 0 aromatic heterocycles. The van der Waals surface area contributed by atoms with Gasteiger partial charge >= 0.3 is 0 Å². The molecule has 0 spiro atoms. The fourth-order valence-electron chi connectivity index (χ4n) is 4.66. The van der Waals surface area contributed by atoms with Gasteiger partial charge in [-0.2, -0.15) is 0 Å². The van der Waals surface area contributed by atoms with E-state index in [9.17, 15) is 9.59 Å². The molecule has 5 nitrogen and oxygen atoms in total. The SMILES string of the molecule is CCNC(=O)C1CCC[N+](CC(=O)Nc2c(C)cccc2C)(Cc2ccccc2)C1. The lowest BCUT2D eigenvalue weighted by Gasteiger charge is -2.43. The molecule has 5 heteroatoms. The largest absolute Gasteiger partial charge is 0.356 e. The van der Waals surface area contributed by atoms with Gasteiger partial charge in [-0.1, -0.05) is 48.5 Å². The number of para-hydroxylation sites is 1. The van der Waals surface area contributed by atoms with Gasteiger partial charge in [-0.3, -0.25) is 9.59 Å². The summed E-state index contributed by atoms with van der Waals surface area (Å²) >= 11 is 0. The highest BCUT2D eigenvalue weighted by atomic mass is 16.2. The number of piperidine rings is 1. The number of carbonyl (C=O) groups is 2. The van der Waals surface area contributed by atoms with Crippen molar-refractivity contribution in [3.8, 4) is 0 Å². The number of nitrogens with zero attached hydrogens (tertiary/aromatic N) is 1. The molecule has 2 aromatic rings. The maximum absolute atomic E-state index is 13.2. The number of aryl methyl sites for hydroxylation is 2. The van der Waals surface area contributed by atoms with Gasteiger partial charge < -0.3 is 15.1 Å². The van der Waals surface area contributed by atoms with Crippen molar-refractivity contribution in [3.63, 3.8) is 0 Å². The highest BCUT2D eigenvalue weighted by molar-refractivity contribution is 5.93. The van der Waals surface area contributed by atoms with Crippen LogP contribution in [0.25, 0.3) is 0 Å². The second-order valence-corrected chi connectivity index (χ2v) is 8.60. The standard InChI is InChI=1S/C25H33N3O2/c1-4-26-25(30)22-14-9-15-28(17-22,16-21-12-6-5-7-13-21)18-23(29)27-24-19(2)10-8-11-20(24)3/h5-8,10-13,22H,4,9,14-18H2,1-3H3,(H-,26,27,29,30)/p+1. The zero-order chi connectivity index (χ0) is 21.6. The Labute approximate surface area is 180 Å². The number of hydrogen-bond acceptors (Lipinski definition) is 2. The lowest BCUT2D eigenvalue weighted by molar-refractivity contribution is -0.940. The van der Waals surface area contributed by atoms with Crippen LogP contribution in [0.4, 0.5) is 5.69 Å². The third-order valence-electron chi connectivity index (χ3n) is 6.10. The molecule has 2 unspecified atom stereocenters. The van der Waals surface area contributed by atoms with E-state index in [-0.39, 0.29) is 17.7 Å². The summed E-state index contributed by atoms with van der Waals surface area (Å²) in [5.74, 6) is 0.0817. The summed E-state index contributed by atoms with van der Waals surface area (Å²) in [6.45, 7) is 9.36. The second-order valence-electron chi connectivity index (χ2n) is 8.60. The van der Waals surface area contributed by atoms with Gasteiger partial charge in [0.2, 0.25) is 5.91 Å². The van der Waals surface area contributed by atoms with Crippen molar-refractivity contribution in [2.24, 2.45) is 5.92 Å². The van der Waals surface area contributed by atoms with E-state index < -0.39 is 0 Å². The number of amides is 2. The van der Waals surface area contributed by atoms with Crippen molar-refractivity contribution >= 4 is 17.5 Å². The molecule has 160 valence electrons. The van der Waals surface area contributed by atoms with Crippen LogP contribution in [0.3, 0.4) is 0 Å². The van der Waals surface area contributed by atoms with E-state index in [0.717, 1.165) is 42.7 Å². The second kappa shape index (κ2) is 9.90. The van der Waals surface area contributed by atoms with Crippen molar-refractivity contribution in [3.05, 3.63) is 65.2 Å². The first-order valence-corrected chi connectivity index (χ1v) is 11.0. The van der Waals surface area contributed by atoms with Gasteiger partial charge in [0.15, 0.2) is 6.54 Å². The van der Waals surface area contributed by atoms with Crippen LogP contribution in [0, 0.1) is 19.8 Å². The fraction of sp³-hybridized carbons (Fsp3) is 0.440. The Morgan fingerprint density at radius 3 is 2.40 bits per heavy atom. The molecule has 3 rings (SSSR count). The predicted molar refractivity (Wildman–Crippen MR) is 121 cm³/mol. The number of rotatable bonds is 7. The number of quaternary nitrogens is 1. The molecule has 2 aromatic carbocycles. The number of benzene rings is 2. The van der Waals surface area contributed by atoms with Crippen LogP contribution < -0.4 is 10.6 Å². The van der Waals surface area contributed by atoms with E-state index in [0.29, 0.717) is 24.1 Å². The molecule has 0 bridgehead atoms. The zero-order valence-corrected chi connectivity index (χ0v) is 18.4. The fourth-order valence-corrected chi connectivity index (χ4v) is 4.66. The topological polar surface area (TPSA) is 58.2 Å². The summed E-state index contributed by atoms with van der Waals surface area (Å²) < 4.78 is 0.614. The molecular weight excluding hydrogens is 374 g/mol. The molecule has 0 saturated carbocycles. The Morgan fingerprint density at radius 1 is 1.03 bits per heavy atom. The Kier molecular flexibility index (Phi) is 7.27. The first-order valence-electron chi connectivity index (χ1n) is 11.0. The van der Waals surface area contributed by atoms with E-state index >= 15 is 0 Å². The van der Waals surface area contributed by atoms with Crippen molar-refractivity contribution in [1.82, 2.24) is 5.32 Å². The number of nitrogens with one attached hydrogen (secondary N) is 2. The molecule has 0 aliphatic carbocycles. The Hall–Kier alpha value is -2.66. The van der Waals surface area contributed by atoms with Crippen LogP contribution in [0.1, 0.15) is 36.5 Å². The normalized spacial score (nSPS) is 21.1. The van der Waals surface area contributed by atoms with Crippen LogP contribution in [-0.2, 0) is 16.1 Å². The first kappa shape index (κ1) is 22.0. The Morgan fingerprint density at radius 2 is 1.73 bits per heavy atom. The molecular formula is C25H34N3O2+. The van der Waals surface area contributed by atoms with Crippen LogP contribution in [0.5, 0.6) is 0 Å². The molecule has 1 aliphatic rings. The summed E-state index contributed by atoms with van der Waals surface area (Å²) in [6, 6.07) is 16.3. The number of likely N-dealkylation sites (tertiary alicyclic amines) is 1. The van der Waals surface area contributed by atoms with Crippen LogP contribution in [0.2, 0.25) is 0 Å². The predicted octanol–water partition coefficient (Wildman–Crippen LogP) is 3.81. The molecule has 1 saturated heterocycles. The summed E-state index contributed by atoms with van der Waals surface area (Å²) in [7, 11) is 0. The van der Waals surface area contributed by atoms with Crippen LogP contribution in [-0.4, -0.2) is 42.5 Å². The average molecular weight is 409 g/mol. The smallest absolute Gasteiger partial charge is 0.279 e. The van der Waals surface area contributed by atoms with Gasteiger partial charge in [0.1, 0.15) is 6.54 Å². The van der Waals surface area contributed by atoms with Gasteiger partial charge in [-0.25, -0.2) is 0 Å². The summed E-state index contributed by atoms with van der Waals surface area (Å²) in [5, 5.41) is 6.13. The molecule has 1 heterocycles. The number of hydrogen-bond donors (Lipinski definition) is 2. The van der Waals surface area contributed by atoms with Crippen molar-refractivity contribution < 1.29 is 14.1 Å². The summed E-state index contributed by atoms with van der Waals surface area (Å²) in [5.41, 5.74) is 4.24. The van der Waals surface area contributed by atoms with E-state index in [1.54, 1.807) is 0 Å².